The molecule has 0 saturated heterocycles. The van der Waals surface area contributed by atoms with Crippen LogP contribution in [0.2, 0.25) is 0 Å². The highest BCUT2D eigenvalue weighted by Crippen LogP contribution is 2.20. The van der Waals surface area contributed by atoms with E-state index in [2.05, 4.69) is 5.32 Å². The van der Waals surface area contributed by atoms with E-state index in [9.17, 15) is 19.5 Å². The van der Waals surface area contributed by atoms with Crippen molar-refractivity contribution in [1.82, 2.24) is 5.32 Å². The van der Waals surface area contributed by atoms with E-state index in [0.29, 0.717) is 12.0 Å². The molecule has 0 spiro atoms. The van der Waals surface area contributed by atoms with Crippen molar-refractivity contribution in [1.29, 1.82) is 0 Å². The highest BCUT2D eigenvalue weighted by atomic mass is 16.4. The van der Waals surface area contributed by atoms with Gasteiger partial charge in [-0.2, -0.15) is 0 Å². The van der Waals surface area contributed by atoms with Gasteiger partial charge in [0, 0.05) is 6.42 Å². The van der Waals surface area contributed by atoms with Crippen molar-refractivity contribution in [2.45, 2.75) is 38.6 Å². The first-order valence-electron chi connectivity index (χ1n) is 7.11. The fourth-order valence-corrected chi connectivity index (χ4v) is 2.16. The maximum Gasteiger partial charge on any atom is 0.326 e. The predicted octanol–water partition coefficient (Wildman–Crippen LogP) is 1.86. The Balaban J connectivity index is 2.75. The van der Waals surface area contributed by atoms with Crippen molar-refractivity contribution in [2.24, 2.45) is 5.92 Å². The van der Waals surface area contributed by atoms with Crippen LogP contribution >= 0.6 is 0 Å². The molecule has 6 nitrogen and oxygen atoms in total. The molecule has 3 N–H and O–H groups in total. The largest absolute Gasteiger partial charge is 0.481 e. The summed E-state index contributed by atoms with van der Waals surface area (Å²) in [4.78, 5) is 34.5. The minimum absolute atomic E-state index is 0.103. The van der Waals surface area contributed by atoms with Gasteiger partial charge >= 0.3 is 11.9 Å². The summed E-state index contributed by atoms with van der Waals surface area (Å²) in [5, 5.41) is 20.8. The lowest BCUT2D eigenvalue weighted by molar-refractivity contribution is -0.143. The fraction of sp³-hybridized carbons (Fsp3) is 0.438. The lowest BCUT2D eigenvalue weighted by Gasteiger charge is -2.18. The molecule has 0 aliphatic heterocycles. The summed E-state index contributed by atoms with van der Waals surface area (Å²) in [6.07, 6.45) is 0.00533. The molecule has 0 heterocycles. The number of carboxylic acids is 2. The van der Waals surface area contributed by atoms with E-state index in [-0.39, 0.29) is 12.3 Å². The molecule has 0 aromatic heterocycles. The molecule has 0 aliphatic rings. The molecule has 120 valence electrons. The Labute approximate surface area is 129 Å². The zero-order chi connectivity index (χ0) is 16.7. The van der Waals surface area contributed by atoms with Gasteiger partial charge in [-0.15, -0.1) is 0 Å². The first-order chi connectivity index (χ1) is 10.3. The monoisotopic (exact) mass is 307 g/mol. The zero-order valence-corrected chi connectivity index (χ0v) is 12.7. The molecular formula is C16H21NO5. The van der Waals surface area contributed by atoms with Gasteiger partial charge in [-0.3, -0.25) is 9.59 Å². The highest BCUT2D eigenvalue weighted by Gasteiger charge is 2.26. The van der Waals surface area contributed by atoms with E-state index < -0.39 is 29.8 Å². The van der Waals surface area contributed by atoms with Crippen LogP contribution in [-0.2, 0) is 14.4 Å². The average molecular weight is 307 g/mol. The van der Waals surface area contributed by atoms with Gasteiger partial charge < -0.3 is 15.5 Å². The van der Waals surface area contributed by atoms with Gasteiger partial charge in [-0.05, 0) is 17.9 Å². The standard InChI is InChI=1S/C16H21NO5/c1-10(2)8-13(16(21)22)17-14(18)9-12(15(19)20)11-6-4-3-5-7-11/h3-7,10,12-13H,8-9H2,1-2H3,(H,17,18)(H,19,20)(H,21,22)/t12?,13-/m0/s1. The number of carbonyl (C=O) groups is 3. The number of hydrogen-bond donors (Lipinski definition) is 3. The summed E-state index contributed by atoms with van der Waals surface area (Å²) in [6, 6.07) is 7.41. The fourth-order valence-electron chi connectivity index (χ4n) is 2.16. The van der Waals surface area contributed by atoms with E-state index in [1.807, 2.05) is 13.8 Å². The topological polar surface area (TPSA) is 104 Å². The van der Waals surface area contributed by atoms with E-state index in [1.54, 1.807) is 30.3 Å². The summed E-state index contributed by atoms with van der Waals surface area (Å²) in [6.45, 7) is 3.71. The minimum Gasteiger partial charge on any atom is -0.481 e. The van der Waals surface area contributed by atoms with Crippen LogP contribution < -0.4 is 5.32 Å². The molecule has 22 heavy (non-hydrogen) atoms. The van der Waals surface area contributed by atoms with Crippen LogP contribution in [-0.4, -0.2) is 34.1 Å². The van der Waals surface area contributed by atoms with Crippen molar-refractivity contribution in [3.63, 3.8) is 0 Å². The minimum atomic E-state index is -1.12. The Kier molecular flexibility index (Phi) is 6.56. The van der Waals surface area contributed by atoms with Gasteiger partial charge in [0.1, 0.15) is 6.04 Å². The van der Waals surface area contributed by atoms with Crippen LogP contribution in [0.15, 0.2) is 30.3 Å². The van der Waals surface area contributed by atoms with E-state index in [0.717, 1.165) is 0 Å². The third-order valence-electron chi connectivity index (χ3n) is 3.23. The third kappa shape index (κ3) is 5.55. The molecule has 1 rings (SSSR count). The second-order valence-corrected chi connectivity index (χ2v) is 5.59. The number of carboxylic acid groups (broad SMARTS) is 2. The summed E-state index contributed by atoms with van der Waals surface area (Å²) >= 11 is 0. The van der Waals surface area contributed by atoms with Crippen LogP contribution in [0, 0.1) is 5.92 Å². The van der Waals surface area contributed by atoms with E-state index in [1.165, 1.54) is 0 Å². The first-order valence-corrected chi connectivity index (χ1v) is 7.11. The number of rotatable bonds is 8. The summed E-state index contributed by atoms with van der Waals surface area (Å²) < 4.78 is 0. The van der Waals surface area contributed by atoms with Crippen LogP contribution in [0.5, 0.6) is 0 Å². The Morgan fingerprint density at radius 3 is 2.09 bits per heavy atom. The number of benzene rings is 1. The maximum atomic E-state index is 12.0. The van der Waals surface area contributed by atoms with Gasteiger partial charge in [0.25, 0.3) is 0 Å². The molecule has 2 atom stereocenters. The second-order valence-electron chi connectivity index (χ2n) is 5.59. The summed E-state index contributed by atoms with van der Waals surface area (Å²) in [5.41, 5.74) is 0.515. The molecule has 1 aromatic rings. The molecule has 6 heteroatoms. The van der Waals surface area contributed by atoms with Crippen molar-refractivity contribution in [3.8, 4) is 0 Å². The molecule has 1 aromatic carbocycles. The molecule has 0 saturated carbocycles. The Bertz CT molecular complexity index is 527. The number of aliphatic carboxylic acids is 2. The number of amides is 1. The van der Waals surface area contributed by atoms with Gasteiger partial charge in [-0.1, -0.05) is 44.2 Å². The SMILES string of the molecule is CC(C)C[C@H](NC(=O)CC(C(=O)O)c1ccccc1)C(=O)O. The zero-order valence-electron chi connectivity index (χ0n) is 12.7. The summed E-state index contributed by atoms with van der Waals surface area (Å²) in [7, 11) is 0. The number of nitrogens with one attached hydrogen (secondary N) is 1. The van der Waals surface area contributed by atoms with Crippen molar-refractivity contribution in [3.05, 3.63) is 35.9 Å². The van der Waals surface area contributed by atoms with Crippen LogP contribution in [0.4, 0.5) is 0 Å². The molecular weight excluding hydrogens is 286 g/mol. The van der Waals surface area contributed by atoms with Crippen molar-refractivity contribution >= 4 is 17.8 Å². The molecule has 0 aliphatic carbocycles. The second kappa shape index (κ2) is 8.17. The third-order valence-corrected chi connectivity index (χ3v) is 3.23. The normalized spacial score (nSPS) is 13.4. The Hall–Kier alpha value is -2.37. The van der Waals surface area contributed by atoms with Gasteiger partial charge in [0.2, 0.25) is 5.91 Å². The van der Waals surface area contributed by atoms with E-state index in [4.69, 9.17) is 5.11 Å². The van der Waals surface area contributed by atoms with E-state index >= 15 is 0 Å². The van der Waals surface area contributed by atoms with Crippen LogP contribution in [0.3, 0.4) is 0 Å². The highest BCUT2D eigenvalue weighted by molar-refractivity contribution is 5.88. The number of hydrogen-bond acceptors (Lipinski definition) is 3. The van der Waals surface area contributed by atoms with Gasteiger partial charge in [-0.25, -0.2) is 4.79 Å². The average Bonchev–Trinajstić information content (AvgIpc) is 2.44. The lowest BCUT2D eigenvalue weighted by Crippen LogP contribution is -2.42. The first kappa shape index (κ1) is 17.7. The lowest BCUT2D eigenvalue weighted by atomic mass is 9.95. The molecule has 0 radical (unpaired) electrons. The molecule has 0 fully saturated rings. The van der Waals surface area contributed by atoms with Gasteiger partial charge in [0.05, 0.1) is 5.92 Å². The summed E-state index contributed by atoms with van der Waals surface area (Å²) in [5.74, 6) is -3.70. The van der Waals surface area contributed by atoms with Crippen LogP contribution in [0.1, 0.15) is 38.2 Å². The number of carbonyl (C=O) groups excluding carboxylic acids is 1. The molecule has 1 amide bonds. The Morgan fingerprint density at radius 1 is 1.05 bits per heavy atom. The molecule has 1 unspecified atom stereocenters. The van der Waals surface area contributed by atoms with Crippen LogP contribution in [0.25, 0.3) is 0 Å². The van der Waals surface area contributed by atoms with Crippen molar-refractivity contribution in [2.75, 3.05) is 0 Å². The smallest absolute Gasteiger partial charge is 0.326 e. The van der Waals surface area contributed by atoms with Crippen molar-refractivity contribution < 1.29 is 24.6 Å². The van der Waals surface area contributed by atoms with Gasteiger partial charge in [0.15, 0.2) is 0 Å². The maximum absolute atomic E-state index is 12.0. The quantitative estimate of drug-likeness (QED) is 0.680. The predicted molar refractivity (Wildman–Crippen MR) is 80.5 cm³/mol. The molecule has 0 bridgehead atoms. The Morgan fingerprint density at radius 2 is 1.64 bits per heavy atom.